The molecule has 7 nitrogen and oxygen atoms in total. The molecule has 26 heavy (non-hydrogen) atoms. The van der Waals surface area contributed by atoms with Crippen LogP contribution in [0.1, 0.15) is 12.8 Å². The Hall–Kier alpha value is -1.39. The van der Waals surface area contributed by atoms with Crippen LogP contribution >= 0.6 is 35.3 Å². The fourth-order valence-corrected chi connectivity index (χ4v) is 4.92. The summed E-state index contributed by atoms with van der Waals surface area (Å²) in [5.41, 5.74) is 0.245. The highest BCUT2D eigenvalue weighted by Gasteiger charge is 2.27. The molecule has 2 N–H and O–H groups in total. The van der Waals surface area contributed by atoms with Gasteiger partial charge in [-0.3, -0.25) is 10.2 Å². The molecule has 142 valence electrons. The highest BCUT2D eigenvalue weighted by atomic mass is 35.5. The number of amides is 1. The summed E-state index contributed by atoms with van der Waals surface area (Å²) in [6.45, 7) is 0.975. The number of nitrogens with zero attached hydrogens (tertiary/aromatic N) is 2. The van der Waals surface area contributed by atoms with E-state index in [4.69, 9.17) is 17.0 Å². The first-order valence-electron chi connectivity index (χ1n) is 7.66. The number of anilines is 1. The summed E-state index contributed by atoms with van der Waals surface area (Å²) in [4.78, 5) is 12.5. The number of carbonyl (C=O) groups is 1. The van der Waals surface area contributed by atoms with E-state index < -0.39 is 10.0 Å². The second-order valence-corrected chi connectivity index (χ2v) is 8.88. The monoisotopic (exact) mass is 436 g/mol. The topological polar surface area (TPSA) is 95.3 Å². The van der Waals surface area contributed by atoms with Crippen LogP contribution in [0.15, 0.2) is 34.7 Å². The van der Waals surface area contributed by atoms with Crippen LogP contribution in [0.2, 0.25) is 5.02 Å². The van der Waals surface area contributed by atoms with Gasteiger partial charge in [0.25, 0.3) is 0 Å². The van der Waals surface area contributed by atoms with Gasteiger partial charge in [0.1, 0.15) is 6.54 Å². The number of rotatable bonds is 5. The number of hydrogen-bond acceptors (Lipinski definition) is 5. The molecule has 1 aliphatic heterocycles. The number of halogens is 2. The molecule has 1 saturated heterocycles. The first-order valence-corrected chi connectivity index (χ1v) is 10.4. The van der Waals surface area contributed by atoms with Crippen LogP contribution in [0.5, 0.6) is 0 Å². The Morgan fingerprint density at radius 3 is 2.62 bits per heavy atom. The van der Waals surface area contributed by atoms with Gasteiger partial charge in [0.05, 0.1) is 15.6 Å². The molecule has 3 rings (SSSR count). The van der Waals surface area contributed by atoms with Crippen molar-refractivity contribution in [1.82, 2.24) is 8.87 Å². The number of sulfonamides is 1. The number of thiazole rings is 1. The molecule has 0 unspecified atom stereocenters. The van der Waals surface area contributed by atoms with Crippen LogP contribution in [0.4, 0.5) is 5.69 Å². The van der Waals surface area contributed by atoms with Gasteiger partial charge in [-0.2, -0.15) is 4.31 Å². The maximum atomic E-state index is 12.6. The Morgan fingerprint density at radius 1 is 1.31 bits per heavy atom. The SMILES string of the molecule is Cl.N=c1sccn1CC(=O)Nc1cc(S(=O)(=O)N2CCCC2)ccc1Cl. The zero-order valence-corrected chi connectivity index (χ0v) is 16.8. The van der Waals surface area contributed by atoms with Crippen molar-refractivity contribution in [3.05, 3.63) is 39.6 Å². The Kier molecular flexibility index (Phi) is 6.86. The standard InChI is InChI=1S/C15H17ClN4O3S2.ClH/c16-12-4-3-11(25(22,23)20-5-1-2-6-20)9-13(12)18-14(21)10-19-7-8-24-15(19)17;/h3-4,7-9,17H,1-2,5-6,10H2,(H,18,21);1H. The minimum absolute atomic E-state index is 0. The number of aromatic nitrogens is 1. The normalized spacial score (nSPS) is 14.8. The van der Waals surface area contributed by atoms with Gasteiger partial charge < -0.3 is 9.88 Å². The van der Waals surface area contributed by atoms with Crippen LogP contribution in [0.3, 0.4) is 0 Å². The summed E-state index contributed by atoms with van der Waals surface area (Å²) in [5.74, 6) is -0.380. The van der Waals surface area contributed by atoms with Crippen molar-refractivity contribution in [3.63, 3.8) is 0 Å². The van der Waals surface area contributed by atoms with Crippen LogP contribution in [-0.4, -0.2) is 36.3 Å². The van der Waals surface area contributed by atoms with Crippen LogP contribution in [0, 0.1) is 5.41 Å². The van der Waals surface area contributed by atoms with Crippen LogP contribution in [0.25, 0.3) is 0 Å². The molecular formula is C15H18Cl2N4O3S2. The molecule has 0 aliphatic carbocycles. The van der Waals surface area contributed by atoms with E-state index in [2.05, 4.69) is 5.32 Å². The minimum atomic E-state index is -3.58. The molecule has 1 aromatic heterocycles. The summed E-state index contributed by atoms with van der Waals surface area (Å²) in [7, 11) is -3.58. The summed E-state index contributed by atoms with van der Waals surface area (Å²) in [6, 6.07) is 4.29. The summed E-state index contributed by atoms with van der Waals surface area (Å²) >= 11 is 7.31. The van der Waals surface area contributed by atoms with Gasteiger partial charge in [0.2, 0.25) is 15.9 Å². The number of hydrogen-bond donors (Lipinski definition) is 2. The van der Waals surface area contributed by atoms with E-state index in [0.29, 0.717) is 13.1 Å². The fraction of sp³-hybridized carbons (Fsp3) is 0.333. The molecule has 0 bridgehead atoms. The quantitative estimate of drug-likeness (QED) is 0.753. The minimum Gasteiger partial charge on any atom is -0.323 e. The first kappa shape index (κ1) is 20.9. The molecule has 1 aromatic carbocycles. The third kappa shape index (κ3) is 4.47. The van der Waals surface area contributed by atoms with Gasteiger partial charge in [-0.1, -0.05) is 11.6 Å². The Bertz CT molecular complexity index is 950. The van der Waals surface area contributed by atoms with Gasteiger partial charge in [-0.05, 0) is 31.0 Å². The van der Waals surface area contributed by atoms with E-state index in [1.807, 2.05) is 0 Å². The van der Waals surface area contributed by atoms with E-state index in [1.54, 1.807) is 11.6 Å². The maximum absolute atomic E-state index is 12.6. The summed E-state index contributed by atoms with van der Waals surface area (Å²) in [5, 5.41) is 12.3. The van der Waals surface area contributed by atoms with Crippen molar-refractivity contribution in [2.24, 2.45) is 0 Å². The lowest BCUT2D eigenvalue weighted by Gasteiger charge is -2.17. The van der Waals surface area contributed by atoms with E-state index in [0.717, 1.165) is 12.8 Å². The molecular weight excluding hydrogens is 419 g/mol. The van der Waals surface area contributed by atoms with Crippen molar-refractivity contribution < 1.29 is 13.2 Å². The second-order valence-electron chi connectivity index (χ2n) is 5.64. The fourth-order valence-electron chi connectivity index (χ4n) is 2.61. The van der Waals surface area contributed by atoms with E-state index in [-0.39, 0.29) is 45.3 Å². The van der Waals surface area contributed by atoms with Gasteiger partial charge in [-0.25, -0.2) is 8.42 Å². The highest BCUT2D eigenvalue weighted by molar-refractivity contribution is 7.89. The van der Waals surface area contributed by atoms with E-state index in [1.165, 1.54) is 38.4 Å². The largest absolute Gasteiger partial charge is 0.323 e. The summed E-state index contributed by atoms with van der Waals surface area (Å²) in [6.07, 6.45) is 3.34. The molecule has 0 radical (unpaired) electrons. The number of carbonyl (C=O) groups excluding carboxylic acids is 1. The molecule has 2 heterocycles. The molecule has 0 atom stereocenters. The highest BCUT2D eigenvalue weighted by Crippen LogP contribution is 2.28. The Labute approximate surface area is 166 Å². The van der Waals surface area contributed by atoms with E-state index in [9.17, 15) is 13.2 Å². The number of nitrogens with one attached hydrogen (secondary N) is 2. The zero-order chi connectivity index (χ0) is 18.0. The molecule has 1 aliphatic rings. The van der Waals surface area contributed by atoms with Crippen molar-refractivity contribution >= 4 is 57.0 Å². The Balaban J connectivity index is 0.00000243. The first-order chi connectivity index (χ1) is 11.9. The van der Waals surface area contributed by atoms with Crippen molar-refractivity contribution in [2.45, 2.75) is 24.3 Å². The average Bonchev–Trinajstić information content (AvgIpc) is 3.22. The predicted molar refractivity (Wildman–Crippen MR) is 103 cm³/mol. The lowest BCUT2D eigenvalue weighted by atomic mass is 10.3. The number of benzene rings is 1. The van der Waals surface area contributed by atoms with Gasteiger partial charge in [0.15, 0.2) is 4.80 Å². The lowest BCUT2D eigenvalue weighted by molar-refractivity contribution is -0.116. The van der Waals surface area contributed by atoms with Crippen LogP contribution < -0.4 is 10.1 Å². The zero-order valence-electron chi connectivity index (χ0n) is 13.6. The van der Waals surface area contributed by atoms with Crippen molar-refractivity contribution in [3.8, 4) is 0 Å². The lowest BCUT2D eigenvalue weighted by Crippen LogP contribution is -2.28. The average molecular weight is 437 g/mol. The molecule has 11 heteroatoms. The molecule has 1 amide bonds. The third-order valence-corrected chi connectivity index (χ3v) is 6.85. The summed E-state index contributed by atoms with van der Waals surface area (Å²) < 4.78 is 28.2. The molecule has 0 saturated carbocycles. The van der Waals surface area contributed by atoms with Crippen molar-refractivity contribution in [2.75, 3.05) is 18.4 Å². The predicted octanol–water partition coefficient (Wildman–Crippen LogP) is 2.53. The van der Waals surface area contributed by atoms with Crippen LogP contribution in [-0.2, 0) is 21.4 Å². The third-order valence-electron chi connectivity index (χ3n) is 3.91. The molecule has 2 aromatic rings. The Morgan fingerprint density at radius 2 is 2.00 bits per heavy atom. The van der Waals surface area contributed by atoms with Gasteiger partial charge >= 0.3 is 0 Å². The maximum Gasteiger partial charge on any atom is 0.244 e. The van der Waals surface area contributed by atoms with E-state index >= 15 is 0 Å². The smallest absolute Gasteiger partial charge is 0.244 e. The van der Waals surface area contributed by atoms with Gasteiger partial charge in [-0.15, -0.1) is 23.7 Å². The molecule has 1 fully saturated rings. The molecule has 0 spiro atoms. The van der Waals surface area contributed by atoms with Gasteiger partial charge in [0, 0.05) is 24.7 Å². The second kappa shape index (κ2) is 8.53. The van der Waals surface area contributed by atoms with Crippen molar-refractivity contribution in [1.29, 1.82) is 5.41 Å².